The fourth-order valence-corrected chi connectivity index (χ4v) is 1.77. The summed E-state index contributed by atoms with van der Waals surface area (Å²) in [5.74, 6) is -1.04. The average Bonchev–Trinajstić information content (AvgIpc) is 2.27. The van der Waals surface area contributed by atoms with E-state index in [1.54, 1.807) is 12.1 Å². The minimum atomic E-state index is -0.796. The van der Waals surface area contributed by atoms with Gasteiger partial charge in [0.15, 0.2) is 0 Å². The van der Waals surface area contributed by atoms with Crippen LogP contribution in [0.15, 0.2) is 24.3 Å². The van der Waals surface area contributed by atoms with Gasteiger partial charge in [0.05, 0.1) is 6.42 Å². The van der Waals surface area contributed by atoms with E-state index in [2.05, 4.69) is 5.32 Å². The quantitative estimate of drug-likeness (QED) is 0.767. The first-order valence-corrected chi connectivity index (χ1v) is 5.81. The van der Waals surface area contributed by atoms with Crippen molar-refractivity contribution >= 4 is 5.97 Å². The number of carboxylic acid groups (broad SMARTS) is 1. The van der Waals surface area contributed by atoms with E-state index >= 15 is 0 Å². The third-order valence-corrected chi connectivity index (χ3v) is 2.61. The molecule has 4 heteroatoms. The van der Waals surface area contributed by atoms with Gasteiger partial charge in [-0.2, -0.15) is 0 Å². The van der Waals surface area contributed by atoms with E-state index in [0.29, 0.717) is 0 Å². The lowest BCUT2D eigenvalue weighted by molar-refractivity contribution is -0.137. The minimum Gasteiger partial charge on any atom is -0.481 e. The van der Waals surface area contributed by atoms with Crippen LogP contribution in [0.2, 0.25) is 0 Å². The van der Waals surface area contributed by atoms with Crippen LogP contribution in [0.25, 0.3) is 0 Å². The van der Waals surface area contributed by atoms with E-state index in [1.165, 1.54) is 12.1 Å². The molecule has 0 spiro atoms. The first kappa shape index (κ1) is 13.6. The molecule has 94 valence electrons. The summed E-state index contributed by atoms with van der Waals surface area (Å²) in [7, 11) is 0. The van der Waals surface area contributed by atoms with Gasteiger partial charge < -0.3 is 10.4 Å². The molecule has 1 rings (SSSR count). The maximum atomic E-state index is 12.7. The maximum absolute atomic E-state index is 12.7. The van der Waals surface area contributed by atoms with E-state index < -0.39 is 5.97 Å². The summed E-state index contributed by atoms with van der Waals surface area (Å²) in [6.45, 7) is 2.70. The van der Waals surface area contributed by atoms with Crippen LogP contribution in [0.4, 0.5) is 4.39 Å². The second-order valence-corrected chi connectivity index (χ2v) is 4.02. The van der Waals surface area contributed by atoms with Crippen molar-refractivity contribution in [1.82, 2.24) is 5.32 Å². The highest BCUT2D eigenvalue weighted by Crippen LogP contribution is 2.09. The molecule has 0 heterocycles. The molecule has 1 atom stereocenters. The van der Waals surface area contributed by atoms with Gasteiger partial charge in [0, 0.05) is 6.04 Å². The summed E-state index contributed by atoms with van der Waals surface area (Å²) in [4.78, 5) is 10.7. The summed E-state index contributed by atoms with van der Waals surface area (Å²) in [6.07, 6.45) is 1.62. The molecule has 0 aliphatic rings. The SMILES string of the molecule is CCN[C@H](CCc1ccc(F)cc1)CC(=O)O. The molecule has 1 aromatic carbocycles. The number of nitrogens with one attached hydrogen (secondary N) is 1. The molecule has 0 aliphatic heterocycles. The van der Waals surface area contributed by atoms with Crippen molar-refractivity contribution in [3.05, 3.63) is 35.6 Å². The number of benzene rings is 1. The molecule has 0 bridgehead atoms. The third-order valence-electron chi connectivity index (χ3n) is 2.61. The van der Waals surface area contributed by atoms with Crippen LogP contribution < -0.4 is 5.32 Å². The Morgan fingerprint density at radius 3 is 2.59 bits per heavy atom. The predicted molar refractivity (Wildman–Crippen MR) is 64.4 cm³/mol. The smallest absolute Gasteiger partial charge is 0.304 e. The van der Waals surface area contributed by atoms with E-state index in [1.807, 2.05) is 6.92 Å². The van der Waals surface area contributed by atoms with Gasteiger partial charge in [-0.25, -0.2) is 4.39 Å². The maximum Gasteiger partial charge on any atom is 0.304 e. The number of hydrogen-bond acceptors (Lipinski definition) is 2. The normalized spacial score (nSPS) is 12.4. The molecule has 0 unspecified atom stereocenters. The first-order valence-electron chi connectivity index (χ1n) is 5.81. The van der Waals surface area contributed by atoms with Gasteiger partial charge in [-0.3, -0.25) is 4.79 Å². The molecule has 0 amide bonds. The number of carbonyl (C=O) groups is 1. The van der Waals surface area contributed by atoms with Crippen LogP contribution in [0, 0.1) is 5.82 Å². The zero-order valence-electron chi connectivity index (χ0n) is 9.95. The molecule has 0 radical (unpaired) electrons. The van der Waals surface area contributed by atoms with Crippen molar-refractivity contribution in [2.45, 2.75) is 32.2 Å². The van der Waals surface area contributed by atoms with Crippen LogP contribution in [0.5, 0.6) is 0 Å². The topological polar surface area (TPSA) is 49.3 Å². The molecule has 0 aromatic heterocycles. The predicted octanol–water partition coefficient (Wildman–Crippen LogP) is 2.21. The zero-order valence-corrected chi connectivity index (χ0v) is 9.95. The molecule has 2 N–H and O–H groups in total. The fraction of sp³-hybridized carbons (Fsp3) is 0.462. The van der Waals surface area contributed by atoms with Gasteiger partial charge in [-0.05, 0) is 37.1 Å². The Morgan fingerprint density at radius 2 is 2.06 bits per heavy atom. The van der Waals surface area contributed by atoms with E-state index in [9.17, 15) is 9.18 Å². The summed E-state index contributed by atoms with van der Waals surface area (Å²) in [5.41, 5.74) is 1.03. The molecule has 0 aliphatic carbocycles. The van der Waals surface area contributed by atoms with Crippen molar-refractivity contribution in [2.24, 2.45) is 0 Å². The number of carboxylic acids is 1. The number of halogens is 1. The van der Waals surface area contributed by atoms with Gasteiger partial charge in [0.1, 0.15) is 5.82 Å². The summed E-state index contributed by atoms with van der Waals surface area (Å²) >= 11 is 0. The Bertz CT molecular complexity index is 351. The Kier molecular flexibility index (Phi) is 5.63. The molecule has 0 saturated carbocycles. The van der Waals surface area contributed by atoms with Gasteiger partial charge in [-0.15, -0.1) is 0 Å². The molecular formula is C13H18FNO2. The van der Waals surface area contributed by atoms with Crippen molar-refractivity contribution < 1.29 is 14.3 Å². The number of aliphatic carboxylic acids is 1. The van der Waals surface area contributed by atoms with Crippen LogP contribution in [-0.4, -0.2) is 23.7 Å². The summed E-state index contributed by atoms with van der Waals surface area (Å²) in [5, 5.41) is 11.9. The van der Waals surface area contributed by atoms with E-state index in [-0.39, 0.29) is 18.3 Å². The Hall–Kier alpha value is -1.42. The van der Waals surface area contributed by atoms with Crippen LogP contribution >= 0.6 is 0 Å². The highest BCUT2D eigenvalue weighted by atomic mass is 19.1. The van der Waals surface area contributed by atoms with Gasteiger partial charge in [0.2, 0.25) is 0 Å². The third kappa shape index (κ3) is 5.45. The average molecular weight is 239 g/mol. The summed E-state index contributed by atoms with van der Waals surface area (Å²) < 4.78 is 12.7. The molecule has 0 fully saturated rings. The van der Waals surface area contributed by atoms with Gasteiger partial charge in [-0.1, -0.05) is 19.1 Å². The fourth-order valence-electron chi connectivity index (χ4n) is 1.77. The van der Waals surface area contributed by atoms with E-state index in [4.69, 9.17) is 5.11 Å². The largest absolute Gasteiger partial charge is 0.481 e. The summed E-state index contributed by atoms with van der Waals surface area (Å²) in [6, 6.07) is 6.30. The molecule has 17 heavy (non-hydrogen) atoms. The Labute approximate surface area is 101 Å². The number of hydrogen-bond donors (Lipinski definition) is 2. The van der Waals surface area contributed by atoms with Crippen LogP contribution in [0.3, 0.4) is 0 Å². The first-order chi connectivity index (χ1) is 8.11. The lowest BCUT2D eigenvalue weighted by atomic mass is 10.0. The van der Waals surface area contributed by atoms with Crippen LogP contribution in [-0.2, 0) is 11.2 Å². The second kappa shape index (κ2) is 7.01. The number of rotatable bonds is 7. The van der Waals surface area contributed by atoms with Crippen molar-refractivity contribution in [1.29, 1.82) is 0 Å². The van der Waals surface area contributed by atoms with Gasteiger partial charge >= 0.3 is 5.97 Å². The number of aryl methyl sites for hydroxylation is 1. The van der Waals surface area contributed by atoms with Crippen molar-refractivity contribution in [3.63, 3.8) is 0 Å². The molecular weight excluding hydrogens is 221 g/mol. The standard InChI is InChI=1S/C13H18FNO2/c1-2-15-12(9-13(16)17)8-5-10-3-6-11(14)7-4-10/h3-4,6-7,12,15H,2,5,8-9H2,1H3,(H,16,17)/t12-/m1/s1. The molecule has 0 saturated heterocycles. The molecule has 3 nitrogen and oxygen atoms in total. The highest BCUT2D eigenvalue weighted by Gasteiger charge is 2.11. The van der Waals surface area contributed by atoms with E-state index in [0.717, 1.165) is 24.9 Å². The monoisotopic (exact) mass is 239 g/mol. The second-order valence-electron chi connectivity index (χ2n) is 4.02. The Morgan fingerprint density at radius 1 is 1.41 bits per heavy atom. The van der Waals surface area contributed by atoms with Crippen molar-refractivity contribution in [3.8, 4) is 0 Å². The minimum absolute atomic E-state index is 0.0254. The lowest BCUT2D eigenvalue weighted by Crippen LogP contribution is -2.31. The molecule has 1 aromatic rings. The lowest BCUT2D eigenvalue weighted by Gasteiger charge is -2.15. The highest BCUT2D eigenvalue weighted by molar-refractivity contribution is 5.67. The van der Waals surface area contributed by atoms with Crippen LogP contribution in [0.1, 0.15) is 25.3 Å². The van der Waals surface area contributed by atoms with Crippen molar-refractivity contribution in [2.75, 3.05) is 6.54 Å². The Balaban J connectivity index is 2.45. The zero-order chi connectivity index (χ0) is 12.7. The van der Waals surface area contributed by atoms with Gasteiger partial charge in [0.25, 0.3) is 0 Å².